The molecule has 2 aromatic heterocycles. The van der Waals surface area contributed by atoms with Crippen molar-refractivity contribution < 1.29 is 14.3 Å². The number of aromatic nitrogens is 4. The zero-order valence-electron chi connectivity index (χ0n) is 23.1. The number of fused-ring (bicyclic) bond motifs is 1. The minimum atomic E-state index is -0.610. The highest BCUT2D eigenvalue weighted by molar-refractivity contribution is 5.97. The van der Waals surface area contributed by atoms with Crippen molar-refractivity contribution in [3.8, 4) is 23.3 Å². The monoisotopic (exact) mass is 556 g/mol. The number of hydrogen-bond acceptors (Lipinski definition) is 9. The molecule has 0 bridgehead atoms. The first-order chi connectivity index (χ1) is 19.7. The lowest BCUT2D eigenvalue weighted by Gasteiger charge is -2.22. The molecule has 2 heterocycles. The third-order valence-electron chi connectivity index (χ3n) is 6.18. The number of amides is 1. The van der Waals surface area contributed by atoms with Crippen molar-refractivity contribution in [2.75, 3.05) is 32.5 Å². The number of ether oxygens (including phenoxy) is 2. The molecule has 0 saturated carbocycles. The minimum Gasteiger partial charge on any atom is -0.457 e. The zero-order valence-corrected chi connectivity index (χ0v) is 23.1. The van der Waals surface area contributed by atoms with Gasteiger partial charge in [-0.1, -0.05) is 18.2 Å². The number of nitrogens with one attached hydrogen (secondary N) is 2. The van der Waals surface area contributed by atoms with Gasteiger partial charge in [-0.3, -0.25) is 13.9 Å². The normalized spacial score (nSPS) is 11.8. The van der Waals surface area contributed by atoms with Crippen LogP contribution in [0.25, 0.3) is 16.9 Å². The fraction of sp³-hybridized carbons (Fsp3) is 0.276. The lowest BCUT2D eigenvalue weighted by atomic mass is 10.0. The molecule has 4 rings (SSSR count). The van der Waals surface area contributed by atoms with Crippen LogP contribution in [0.15, 0.2) is 77.4 Å². The van der Waals surface area contributed by atoms with E-state index in [2.05, 4.69) is 20.6 Å². The summed E-state index contributed by atoms with van der Waals surface area (Å²) in [5, 5.41) is 15.5. The number of methoxy groups -OCH3 is 1. The number of rotatable bonds is 12. The fourth-order valence-corrected chi connectivity index (χ4v) is 4.24. The Hall–Kier alpha value is -4.99. The number of para-hydroxylation sites is 1. The van der Waals surface area contributed by atoms with E-state index in [0.29, 0.717) is 41.5 Å². The van der Waals surface area contributed by atoms with Gasteiger partial charge in [-0.25, -0.2) is 14.8 Å². The molecule has 4 aromatic rings. The maximum Gasteiger partial charge on any atom is 0.335 e. The van der Waals surface area contributed by atoms with E-state index in [1.54, 1.807) is 37.5 Å². The van der Waals surface area contributed by atoms with Gasteiger partial charge in [0.05, 0.1) is 12.3 Å². The average molecular weight is 557 g/mol. The topological polar surface area (TPSA) is 162 Å². The Balaban J connectivity index is 1.53. The Bertz CT molecular complexity index is 1630. The van der Waals surface area contributed by atoms with Gasteiger partial charge in [0.1, 0.15) is 35.0 Å². The van der Waals surface area contributed by atoms with Crippen LogP contribution in [0.5, 0.6) is 11.5 Å². The van der Waals surface area contributed by atoms with Gasteiger partial charge >= 0.3 is 5.69 Å². The van der Waals surface area contributed by atoms with Crippen molar-refractivity contribution in [3.63, 3.8) is 0 Å². The second kappa shape index (κ2) is 12.9. The van der Waals surface area contributed by atoms with Crippen LogP contribution in [0.1, 0.15) is 13.8 Å². The Labute approximate surface area is 237 Å². The smallest absolute Gasteiger partial charge is 0.335 e. The molecule has 12 nitrogen and oxygen atoms in total. The van der Waals surface area contributed by atoms with Gasteiger partial charge in [0.15, 0.2) is 11.5 Å². The largest absolute Gasteiger partial charge is 0.457 e. The van der Waals surface area contributed by atoms with Crippen LogP contribution in [0.2, 0.25) is 0 Å². The average Bonchev–Trinajstić information content (AvgIpc) is 3.25. The first-order valence-electron chi connectivity index (χ1n) is 12.9. The number of nitrogens with two attached hydrogens (primary N) is 1. The van der Waals surface area contributed by atoms with E-state index in [1.807, 2.05) is 50.2 Å². The Morgan fingerprint density at radius 1 is 1.10 bits per heavy atom. The summed E-state index contributed by atoms with van der Waals surface area (Å²) in [6, 6.07) is 18.3. The number of nitrogen functional groups attached to an aromatic ring is 1. The maximum absolute atomic E-state index is 13.6. The maximum atomic E-state index is 13.6. The molecule has 4 N–H and O–H groups in total. The van der Waals surface area contributed by atoms with E-state index >= 15 is 0 Å². The van der Waals surface area contributed by atoms with E-state index < -0.39 is 17.1 Å². The number of anilines is 1. The molecule has 0 radical (unpaired) electrons. The number of nitriles is 1. The van der Waals surface area contributed by atoms with Crippen molar-refractivity contribution in [2.24, 2.45) is 0 Å². The zero-order chi connectivity index (χ0) is 29.4. The molecular weight excluding hydrogens is 524 g/mol. The second-order valence-corrected chi connectivity index (χ2v) is 9.68. The van der Waals surface area contributed by atoms with Crippen molar-refractivity contribution >= 4 is 22.9 Å². The number of imidazole rings is 1. The molecule has 0 unspecified atom stereocenters. The highest BCUT2D eigenvalue weighted by Gasteiger charge is 2.21. The van der Waals surface area contributed by atoms with Crippen LogP contribution >= 0.6 is 0 Å². The molecule has 0 aliphatic rings. The molecule has 0 saturated heterocycles. The lowest BCUT2D eigenvalue weighted by molar-refractivity contribution is -0.117. The molecule has 0 fully saturated rings. The van der Waals surface area contributed by atoms with E-state index in [-0.39, 0.29) is 24.5 Å². The molecule has 0 atom stereocenters. The van der Waals surface area contributed by atoms with Crippen molar-refractivity contribution in [3.05, 3.63) is 83.1 Å². The molecule has 1 amide bonds. The third kappa shape index (κ3) is 6.96. The summed E-state index contributed by atoms with van der Waals surface area (Å²) in [5.74, 6) is 0.877. The molecule has 0 aliphatic heterocycles. The summed E-state index contributed by atoms with van der Waals surface area (Å²) < 4.78 is 13.7. The van der Waals surface area contributed by atoms with Crippen molar-refractivity contribution in [1.29, 1.82) is 5.26 Å². The lowest BCUT2D eigenvalue weighted by Crippen LogP contribution is -2.40. The van der Waals surface area contributed by atoms with Crippen LogP contribution < -0.4 is 26.8 Å². The summed E-state index contributed by atoms with van der Waals surface area (Å²) in [6.07, 6.45) is 2.84. The van der Waals surface area contributed by atoms with Gasteiger partial charge in [0, 0.05) is 32.3 Å². The molecule has 212 valence electrons. The number of benzene rings is 2. The predicted molar refractivity (Wildman–Crippen MR) is 155 cm³/mol. The van der Waals surface area contributed by atoms with Gasteiger partial charge in [0.2, 0.25) is 0 Å². The summed E-state index contributed by atoms with van der Waals surface area (Å²) >= 11 is 0. The predicted octanol–water partition coefficient (Wildman–Crippen LogP) is 2.54. The molecule has 0 spiro atoms. The van der Waals surface area contributed by atoms with Crippen molar-refractivity contribution in [1.82, 2.24) is 29.7 Å². The number of carbonyl (C=O) groups is 1. The summed E-state index contributed by atoms with van der Waals surface area (Å²) in [5.41, 5.74) is 6.33. The van der Waals surface area contributed by atoms with Gasteiger partial charge in [-0.05, 0) is 56.3 Å². The van der Waals surface area contributed by atoms with Crippen LogP contribution in [-0.4, -0.2) is 57.4 Å². The third-order valence-corrected chi connectivity index (χ3v) is 6.18. The molecule has 41 heavy (non-hydrogen) atoms. The van der Waals surface area contributed by atoms with Gasteiger partial charge in [0.25, 0.3) is 5.91 Å². The highest BCUT2D eigenvalue weighted by atomic mass is 16.5. The van der Waals surface area contributed by atoms with Crippen LogP contribution in [-0.2, 0) is 16.1 Å². The standard InChI is InChI=1S/C29H32N8O4/c1-29(2,35-14-16-40-3)17-20(18-30)27(38)32-13-15-36-26-24(25(31)33-19-34-26)37(28(36)39)21-9-11-23(12-10-21)41-22-7-5-4-6-8-22/h4-12,17,19,35H,13-16H2,1-3H3,(H,32,38)(H2,31,33,34)/b20-17+. The van der Waals surface area contributed by atoms with Gasteiger partial charge in [-0.15, -0.1) is 0 Å². The SMILES string of the molecule is COCCNC(C)(C)/C=C(\C#N)C(=O)NCCn1c(=O)n(-c2ccc(Oc3ccccc3)cc2)c2c(N)ncnc21. The summed E-state index contributed by atoms with van der Waals surface area (Å²) in [4.78, 5) is 34.7. The Morgan fingerprint density at radius 2 is 1.80 bits per heavy atom. The number of carbonyl (C=O) groups excluding carboxylic acids is 1. The number of nitrogens with zero attached hydrogens (tertiary/aromatic N) is 5. The molecule has 12 heteroatoms. The van der Waals surface area contributed by atoms with E-state index in [9.17, 15) is 14.9 Å². The highest BCUT2D eigenvalue weighted by Crippen LogP contribution is 2.24. The molecule has 2 aromatic carbocycles. The van der Waals surface area contributed by atoms with E-state index in [1.165, 1.54) is 15.5 Å². The first-order valence-corrected chi connectivity index (χ1v) is 12.9. The second-order valence-electron chi connectivity index (χ2n) is 9.68. The van der Waals surface area contributed by atoms with Crippen LogP contribution in [0.3, 0.4) is 0 Å². The van der Waals surface area contributed by atoms with Crippen LogP contribution in [0.4, 0.5) is 5.82 Å². The van der Waals surface area contributed by atoms with Crippen molar-refractivity contribution in [2.45, 2.75) is 25.9 Å². The minimum absolute atomic E-state index is 0.0425. The van der Waals surface area contributed by atoms with E-state index in [4.69, 9.17) is 15.2 Å². The Kier molecular flexibility index (Phi) is 9.13. The van der Waals surface area contributed by atoms with E-state index in [0.717, 1.165) is 0 Å². The quantitative estimate of drug-likeness (QED) is 0.135. The van der Waals surface area contributed by atoms with Crippen LogP contribution in [0, 0.1) is 11.3 Å². The van der Waals surface area contributed by atoms with Gasteiger partial charge in [-0.2, -0.15) is 5.26 Å². The first kappa shape index (κ1) is 29.0. The molecule has 0 aliphatic carbocycles. The number of hydrogen-bond donors (Lipinski definition) is 3. The summed E-state index contributed by atoms with van der Waals surface area (Å²) in [7, 11) is 1.60. The molecular formula is C29H32N8O4. The van der Waals surface area contributed by atoms with Gasteiger partial charge < -0.3 is 25.8 Å². The summed E-state index contributed by atoms with van der Waals surface area (Å²) in [6.45, 7) is 4.92. The Morgan fingerprint density at radius 3 is 2.49 bits per heavy atom. The fourth-order valence-electron chi connectivity index (χ4n) is 4.24.